The predicted molar refractivity (Wildman–Crippen MR) is 105 cm³/mol. The lowest BCUT2D eigenvalue weighted by Gasteiger charge is -2.31. The van der Waals surface area contributed by atoms with Crippen molar-refractivity contribution in [3.8, 4) is 0 Å². The van der Waals surface area contributed by atoms with Gasteiger partial charge in [-0.1, -0.05) is 61.0 Å². The number of nitrogens with zero attached hydrogens (tertiary/aromatic N) is 1. The van der Waals surface area contributed by atoms with Gasteiger partial charge in [-0.15, -0.1) is 0 Å². The second-order valence-corrected chi connectivity index (χ2v) is 6.65. The number of rotatable bonds is 8. The lowest BCUT2D eigenvalue weighted by atomic mass is 10.0. The molecule has 138 valence electrons. The summed E-state index contributed by atoms with van der Waals surface area (Å²) in [6, 6.07) is 16.6. The number of amides is 2. The summed E-state index contributed by atoms with van der Waals surface area (Å²) in [5.41, 5.74) is 1.97. The highest BCUT2D eigenvalue weighted by Crippen LogP contribution is 2.17. The minimum atomic E-state index is -0.558. The molecule has 2 amide bonds. The van der Waals surface area contributed by atoms with Gasteiger partial charge >= 0.3 is 0 Å². The highest BCUT2D eigenvalue weighted by atomic mass is 35.5. The van der Waals surface area contributed by atoms with Crippen LogP contribution in [-0.4, -0.2) is 29.8 Å². The fraction of sp³-hybridized carbons (Fsp3) is 0.333. The van der Waals surface area contributed by atoms with Gasteiger partial charge in [0, 0.05) is 31.5 Å². The first-order chi connectivity index (χ1) is 12.5. The summed E-state index contributed by atoms with van der Waals surface area (Å²) in [7, 11) is 1.60. The topological polar surface area (TPSA) is 49.4 Å². The summed E-state index contributed by atoms with van der Waals surface area (Å²) in [5.74, 6) is -0.181. The van der Waals surface area contributed by atoms with Crippen LogP contribution in [0.1, 0.15) is 30.9 Å². The Balaban J connectivity index is 2.31. The van der Waals surface area contributed by atoms with Crippen molar-refractivity contribution in [2.45, 2.75) is 38.8 Å². The first kappa shape index (κ1) is 20.0. The van der Waals surface area contributed by atoms with Gasteiger partial charge in [-0.25, -0.2) is 0 Å². The van der Waals surface area contributed by atoms with E-state index in [0.717, 1.165) is 17.5 Å². The molecule has 0 heterocycles. The van der Waals surface area contributed by atoms with Crippen molar-refractivity contribution in [2.24, 2.45) is 0 Å². The molecule has 26 heavy (non-hydrogen) atoms. The van der Waals surface area contributed by atoms with Gasteiger partial charge in [0.25, 0.3) is 0 Å². The average molecular weight is 373 g/mol. The summed E-state index contributed by atoms with van der Waals surface area (Å²) in [6.45, 7) is 2.34. The molecular weight excluding hydrogens is 348 g/mol. The summed E-state index contributed by atoms with van der Waals surface area (Å²) in [6.07, 6.45) is 1.63. The van der Waals surface area contributed by atoms with Crippen LogP contribution in [0.3, 0.4) is 0 Å². The van der Waals surface area contributed by atoms with E-state index in [0.29, 0.717) is 24.4 Å². The van der Waals surface area contributed by atoms with Crippen molar-refractivity contribution in [3.63, 3.8) is 0 Å². The third-order valence-electron chi connectivity index (χ3n) is 4.25. The van der Waals surface area contributed by atoms with Crippen LogP contribution < -0.4 is 5.32 Å². The van der Waals surface area contributed by atoms with Crippen molar-refractivity contribution >= 4 is 23.4 Å². The van der Waals surface area contributed by atoms with Crippen molar-refractivity contribution in [1.82, 2.24) is 10.2 Å². The number of likely N-dealkylation sites (N-methyl/N-ethyl adjacent to an activating group) is 1. The number of carbonyl (C=O) groups is 2. The molecule has 0 saturated heterocycles. The summed E-state index contributed by atoms with van der Waals surface area (Å²) < 4.78 is 0. The normalized spacial score (nSPS) is 11.7. The van der Waals surface area contributed by atoms with Gasteiger partial charge in [-0.05, 0) is 29.7 Å². The van der Waals surface area contributed by atoms with Crippen molar-refractivity contribution in [3.05, 3.63) is 70.7 Å². The zero-order chi connectivity index (χ0) is 18.9. The van der Waals surface area contributed by atoms with Crippen molar-refractivity contribution in [1.29, 1.82) is 0 Å². The van der Waals surface area contributed by atoms with Gasteiger partial charge in [0.1, 0.15) is 6.04 Å². The van der Waals surface area contributed by atoms with Gasteiger partial charge in [0.2, 0.25) is 11.8 Å². The zero-order valence-electron chi connectivity index (χ0n) is 15.2. The maximum atomic E-state index is 12.8. The minimum Gasteiger partial charge on any atom is -0.357 e. The van der Waals surface area contributed by atoms with Gasteiger partial charge < -0.3 is 10.2 Å². The molecule has 2 aromatic carbocycles. The van der Waals surface area contributed by atoms with Crippen LogP contribution in [0.4, 0.5) is 0 Å². The predicted octanol–water partition coefficient (Wildman–Crippen LogP) is 3.83. The molecule has 1 atom stereocenters. The fourth-order valence-electron chi connectivity index (χ4n) is 2.86. The number of carbonyl (C=O) groups excluding carboxylic acids is 2. The van der Waals surface area contributed by atoms with Gasteiger partial charge in [-0.2, -0.15) is 0 Å². The first-order valence-corrected chi connectivity index (χ1v) is 9.22. The molecular formula is C21H25ClN2O2. The van der Waals surface area contributed by atoms with Crippen molar-refractivity contribution < 1.29 is 9.59 Å². The standard InChI is InChI=1S/C21H25ClN2O2/c1-3-7-20(25)24(15-17-10-12-18(22)13-11-17)19(21(26)23-2)14-16-8-5-4-6-9-16/h4-6,8-13,19H,3,7,14-15H2,1-2H3,(H,23,26)/t19-/m0/s1. The van der Waals surface area contributed by atoms with Crippen LogP contribution in [0.2, 0.25) is 5.02 Å². The number of halogens is 1. The smallest absolute Gasteiger partial charge is 0.242 e. The molecule has 0 bridgehead atoms. The molecule has 0 saturated carbocycles. The molecule has 4 nitrogen and oxygen atoms in total. The van der Waals surface area contributed by atoms with E-state index < -0.39 is 6.04 Å². The number of hydrogen-bond donors (Lipinski definition) is 1. The third kappa shape index (κ3) is 5.60. The van der Waals surface area contributed by atoms with Crippen LogP contribution in [0, 0.1) is 0 Å². The highest BCUT2D eigenvalue weighted by Gasteiger charge is 2.29. The number of benzene rings is 2. The summed E-state index contributed by atoms with van der Waals surface area (Å²) in [5, 5.41) is 3.35. The van der Waals surface area contributed by atoms with Gasteiger partial charge in [0.15, 0.2) is 0 Å². The van der Waals surface area contributed by atoms with E-state index in [-0.39, 0.29) is 11.8 Å². The SMILES string of the molecule is CCCC(=O)N(Cc1ccc(Cl)cc1)[C@@H](Cc1ccccc1)C(=O)NC. The summed E-state index contributed by atoms with van der Waals surface area (Å²) >= 11 is 5.96. The lowest BCUT2D eigenvalue weighted by Crippen LogP contribution is -2.49. The minimum absolute atomic E-state index is 0.0213. The van der Waals surface area contributed by atoms with E-state index in [1.807, 2.05) is 49.4 Å². The molecule has 0 aliphatic heterocycles. The van der Waals surface area contributed by atoms with E-state index >= 15 is 0 Å². The molecule has 0 fully saturated rings. The van der Waals surface area contributed by atoms with E-state index in [1.54, 1.807) is 24.1 Å². The van der Waals surface area contributed by atoms with Gasteiger partial charge in [-0.3, -0.25) is 9.59 Å². The lowest BCUT2D eigenvalue weighted by molar-refractivity contribution is -0.141. The largest absolute Gasteiger partial charge is 0.357 e. The van der Waals surface area contributed by atoms with Crippen LogP contribution in [0.5, 0.6) is 0 Å². The summed E-state index contributed by atoms with van der Waals surface area (Å²) in [4.78, 5) is 27.1. The Labute approximate surface area is 160 Å². The second-order valence-electron chi connectivity index (χ2n) is 6.22. The van der Waals surface area contributed by atoms with Crippen LogP contribution in [-0.2, 0) is 22.6 Å². The van der Waals surface area contributed by atoms with Crippen molar-refractivity contribution in [2.75, 3.05) is 7.05 Å². The molecule has 0 radical (unpaired) electrons. The Hall–Kier alpha value is -2.33. The Kier molecular flexibility index (Phi) is 7.67. The highest BCUT2D eigenvalue weighted by molar-refractivity contribution is 6.30. The molecule has 0 unspecified atom stereocenters. The maximum Gasteiger partial charge on any atom is 0.242 e. The Morgan fingerprint density at radius 2 is 1.69 bits per heavy atom. The second kappa shape index (κ2) is 9.97. The third-order valence-corrected chi connectivity index (χ3v) is 4.50. The van der Waals surface area contributed by atoms with Crippen LogP contribution in [0.15, 0.2) is 54.6 Å². The molecule has 2 aromatic rings. The number of nitrogens with one attached hydrogen (secondary N) is 1. The molecule has 0 aliphatic carbocycles. The quantitative estimate of drug-likeness (QED) is 0.765. The van der Waals surface area contributed by atoms with Crippen LogP contribution >= 0.6 is 11.6 Å². The van der Waals surface area contributed by atoms with E-state index in [4.69, 9.17) is 11.6 Å². The molecule has 0 spiro atoms. The fourth-order valence-corrected chi connectivity index (χ4v) is 2.99. The van der Waals surface area contributed by atoms with E-state index in [2.05, 4.69) is 5.32 Å². The zero-order valence-corrected chi connectivity index (χ0v) is 16.0. The molecule has 5 heteroatoms. The molecule has 0 aliphatic rings. The average Bonchev–Trinajstić information content (AvgIpc) is 2.66. The Morgan fingerprint density at radius 1 is 1.04 bits per heavy atom. The van der Waals surface area contributed by atoms with E-state index in [9.17, 15) is 9.59 Å². The first-order valence-electron chi connectivity index (χ1n) is 8.84. The molecule has 0 aromatic heterocycles. The Morgan fingerprint density at radius 3 is 2.27 bits per heavy atom. The van der Waals surface area contributed by atoms with Crippen LogP contribution in [0.25, 0.3) is 0 Å². The monoisotopic (exact) mass is 372 g/mol. The maximum absolute atomic E-state index is 12.8. The number of hydrogen-bond acceptors (Lipinski definition) is 2. The van der Waals surface area contributed by atoms with Gasteiger partial charge in [0.05, 0.1) is 0 Å². The Bertz CT molecular complexity index is 717. The molecule has 1 N–H and O–H groups in total. The van der Waals surface area contributed by atoms with E-state index in [1.165, 1.54) is 0 Å². The molecule has 2 rings (SSSR count).